The van der Waals surface area contributed by atoms with Gasteiger partial charge in [0.25, 0.3) is 5.91 Å². The van der Waals surface area contributed by atoms with Crippen LogP contribution in [-0.4, -0.2) is 20.6 Å². The predicted octanol–water partition coefficient (Wildman–Crippen LogP) is 3.88. The number of anilines is 1. The number of hydrogen-bond donors (Lipinski definition) is 2. The van der Waals surface area contributed by atoms with Crippen molar-refractivity contribution in [2.24, 2.45) is 0 Å². The summed E-state index contributed by atoms with van der Waals surface area (Å²) in [7, 11) is -3.40. The number of benzene rings is 3. The summed E-state index contributed by atoms with van der Waals surface area (Å²) in [6, 6.07) is 22.0. The Morgan fingerprint density at radius 3 is 2.37 bits per heavy atom. The number of sulfonamides is 1. The standard InChI is InChI=1S/C23H24N2O4S/c1-17-5-3-6-19(13-17)16-29-22-11-9-18(10-12-22)15-24-23(26)20-7-4-8-21(14-20)25-30(2,27)28/h3-14,25H,15-16H2,1-2H3,(H,24,26). The molecule has 0 radical (unpaired) electrons. The third kappa shape index (κ3) is 6.63. The first-order valence-corrected chi connectivity index (χ1v) is 11.3. The molecule has 30 heavy (non-hydrogen) atoms. The Kier molecular flexibility index (Phi) is 6.74. The Bertz CT molecular complexity index is 1130. The zero-order valence-electron chi connectivity index (χ0n) is 16.9. The van der Waals surface area contributed by atoms with E-state index in [1.807, 2.05) is 49.4 Å². The van der Waals surface area contributed by atoms with Gasteiger partial charge >= 0.3 is 0 Å². The summed E-state index contributed by atoms with van der Waals surface area (Å²) in [5.74, 6) is 0.470. The molecule has 3 rings (SSSR count). The van der Waals surface area contributed by atoms with Crippen LogP contribution in [0.4, 0.5) is 5.69 Å². The number of nitrogens with one attached hydrogen (secondary N) is 2. The van der Waals surface area contributed by atoms with Gasteiger partial charge in [0.1, 0.15) is 12.4 Å². The quantitative estimate of drug-likeness (QED) is 0.575. The Morgan fingerprint density at radius 1 is 0.933 bits per heavy atom. The van der Waals surface area contributed by atoms with E-state index in [-0.39, 0.29) is 5.91 Å². The van der Waals surface area contributed by atoms with Gasteiger partial charge in [0.15, 0.2) is 0 Å². The van der Waals surface area contributed by atoms with Crippen molar-refractivity contribution in [2.75, 3.05) is 11.0 Å². The zero-order chi connectivity index (χ0) is 21.6. The van der Waals surface area contributed by atoms with Crippen LogP contribution in [0.2, 0.25) is 0 Å². The van der Waals surface area contributed by atoms with E-state index in [9.17, 15) is 13.2 Å². The van der Waals surface area contributed by atoms with Crippen molar-refractivity contribution in [3.05, 3.63) is 95.1 Å². The van der Waals surface area contributed by atoms with E-state index in [1.165, 1.54) is 11.6 Å². The average Bonchev–Trinajstić information content (AvgIpc) is 2.70. The first-order valence-electron chi connectivity index (χ1n) is 9.42. The minimum absolute atomic E-state index is 0.285. The predicted molar refractivity (Wildman–Crippen MR) is 118 cm³/mol. The minimum Gasteiger partial charge on any atom is -0.489 e. The van der Waals surface area contributed by atoms with E-state index < -0.39 is 10.0 Å². The number of rotatable bonds is 8. The Morgan fingerprint density at radius 2 is 1.67 bits per heavy atom. The smallest absolute Gasteiger partial charge is 0.251 e. The van der Waals surface area contributed by atoms with Crippen LogP contribution in [0.5, 0.6) is 5.75 Å². The Hall–Kier alpha value is -3.32. The first kappa shape index (κ1) is 21.4. The van der Waals surface area contributed by atoms with E-state index in [4.69, 9.17) is 4.74 Å². The molecule has 156 valence electrons. The second-order valence-corrected chi connectivity index (χ2v) is 8.81. The lowest BCUT2D eigenvalue weighted by Gasteiger charge is -2.10. The highest BCUT2D eigenvalue weighted by atomic mass is 32.2. The number of ether oxygens (including phenoxy) is 1. The maximum atomic E-state index is 12.4. The molecule has 0 heterocycles. The second-order valence-electron chi connectivity index (χ2n) is 7.06. The Balaban J connectivity index is 1.53. The zero-order valence-corrected chi connectivity index (χ0v) is 17.7. The molecule has 6 nitrogen and oxygen atoms in total. The van der Waals surface area contributed by atoms with Crippen LogP contribution in [-0.2, 0) is 23.2 Å². The van der Waals surface area contributed by atoms with Crippen LogP contribution in [0.3, 0.4) is 0 Å². The fourth-order valence-electron chi connectivity index (χ4n) is 2.89. The number of carbonyl (C=O) groups is 1. The fourth-order valence-corrected chi connectivity index (χ4v) is 3.45. The molecule has 0 aliphatic carbocycles. The monoisotopic (exact) mass is 424 g/mol. The van der Waals surface area contributed by atoms with E-state index in [0.717, 1.165) is 23.1 Å². The van der Waals surface area contributed by atoms with Crippen LogP contribution in [0.15, 0.2) is 72.8 Å². The largest absolute Gasteiger partial charge is 0.489 e. The van der Waals surface area contributed by atoms with Crippen LogP contribution < -0.4 is 14.8 Å². The maximum absolute atomic E-state index is 12.4. The molecule has 0 fully saturated rings. The molecule has 0 aliphatic rings. The second kappa shape index (κ2) is 9.45. The molecule has 0 unspecified atom stereocenters. The molecule has 0 bridgehead atoms. The van der Waals surface area contributed by atoms with Crippen LogP contribution >= 0.6 is 0 Å². The van der Waals surface area contributed by atoms with Crippen molar-refractivity contribution in [3.63, 3.8) is 0 Å². The molecule has 0 saturated carbocycles. The van der Waals surface area contributed by atoms with E-state index in [1.54, 1.807) is 18.2 Å². The molecule has 0 aromatic heterocycles. The van der Waals surface area contributed by atoms with Gasteiger partial charge in [0, 0.05) is 17.8 Å². The van der Waals surface area contributed by atoms with E-state index in [0.29, 0.717) is 24.4 Å². The van der Waals surface area contributed by atoms with E-state index in [2.05, 4.69) is 16.1 Å². The summed E-state index contributed by atoms with van der Waals surface area (Å²) >= 11 is 0. The number of hydrogen-bond acceptors (Lipinski definition) is 4. The summed E-state index contributed by atoms with van der Waals surface area (Å²) in [5, 5.41) is 2.83. The van der Waals surface area contributed by atoms with Crippen molar-refractivity contribution >= 4 is 21.6 Å². The van der Waals surface area contributed by atoms with Crippen molar-refractivity contribution < 1.29 is 17.9 Å². The summed E-state index contributed by atoms with van der Waals surface area (Å²) in [4.78, 5) is 12.4. The topological polar surface area (TPSA) is 84.5 Å². The third-order valence-corrected chi connectivity index (χ3v) is 4.90. The highest BCUT2D eigenvalue weighted by molar-refractivity contribution is 7.92. The maximum Gasteiger partial charge on any atom is 0.251 e. The van der Waals surface area contributed by atoms with Gasteiger partial charge in [-0.05, 0) is 48.4 Å². The lowest BCUT2D eigenvalue weighted by Crippen LogP contribution is -2.23. The molecule has 0 aliphatic heterocycles. The van der Waals surface area contributed by atoms with Gasteiger partial charge in [-0.15, -0.1) is 0 Å². The van der Waals surface area contributed by atoms with Crippen LogP contribution in [0.1, 0.15) is 27.0 Å². The van der Waals surface area contributed by atoms with E-state index >= 15 is 0 Å². The SMILES string of the molecule is Cc1cccc(COc2ccc(CNC(=O)c3cccc(NS(C)(=O)=O)c3)cc2)c1. The number of amides is 1. The minimum atomic E-state index is -3.40. The summed E-state index contributed by atoms with van der Waals surface area (Å²) < 4.78 is 30.8. The van der Waals surface area contributed by atoms with Crippen LogP contribution in [0.25, 0.3) is 0 Å². The van der Waals surface area contributed by atoms with Crippen molar-refractivity contribution in [3.8, 4) is 5.75 Å². The molecule has 3 aromatic rings. The van der Waals surface area contributed by atoms with Gasteiger partial charge in [0.05, 0.1) is 6.26 Å². The highest BCUT2D eigenvalue weighted by Crippen LogP contribution is 2.16. The number of aryl methyl sites for hydroxylation is 1. The molecule has 0 spiro atoms. The highest BCUT2D eigenvalue weighted by Gasteiger charge is 2.08. The molecule has 0 saturated heterocycles. The van der Waals surface area contributed by atoms with Gasteiger partial charge in [-0.3, -0.25) is 9.52 Å². The third-order valence-electron chi connectivity index (χ3n) is 4.29. The molecule has 2 N–H and O–H groups in total. The van der Waals surface area contributed by atoms with Crippen molar-refractivity contribution in [2.45, 2.75) is 20.1 Å². The van der Waals surface area contributed by atoms with Gasteiger partial charge in [-0.2, -0.15) is 0 Å². The first-order chi connectivity index (χ1) is 14.3. The van der Waals surface area contributed by atoms with Crippen LogP contribution in [0, 0.1) is 6.92 Å². The number of carbonyl (C=O) groups excluding carboxylic acids is 1. The molecule has 1 amide bonds. The van der Waals surface area contributed by atoms with Gasteiger partial charge in [-0.25, -0.2) is 8.42 Å². The van der Waals surface area contributed by atoms with Gasteiger partial charge in [-0.1, -0.05) is 48.0 Å². The summed E-state index contributed by atoms with van der Waals surface area (Å²) in [6.07, 6.45) is 1.06. The average molecular weight is 425 g/mol. The molecular weight excluding hydrogens is 400 g/mol. The summed E-state index contributed by atoms with van der Waals surface area (Å²) in [6.45, 7) is 2.89. The van der Waals surface area contributed by atoms with Gasteiger partial charge in [0.2, 0.25) is 10.0 Å². The van der Waals surface area contributed by atoms with Gasteiger partial charge < -0.3 is 10.1 Å². The van der Waals surface area contributed by atoms with Crippen molar-refractivity contribution in [1.29, 1.82) is 0 Å². The van der Waals surface area contributed by atoms with Crippen molar-refractivity contribution in [1.82, 2.24) is 5.32 Å². The Labute approximate surface area is 177 Å². The lowest BCUT2D eigenvalue weighted by atomic mass is 10.1. The summed E-state index contributed by atoms with van der Waals surface area (Å²) in [5.41, 5.74) is 3.96. The fraction of sp³-hybridized carbons (Fsp3) is 0.174. The molecular formula is C23H24N2O4S. The molecule has 3 aromatic carbocycles. The normalized spacial score (nSPS) is 11.0. The molecule has 7 heteroatoms. The lowest BCUT2D eigenvalue weighted by molar-refractivity contribution is 0.0951. The molecule has 0 atom stereocenters.